The average molecular weight is 286 g/mol. The molecule has 0 aliphatic carbocycles. The maximum absolute atomic E-state index is 4.42. The normalized spacial score (nSPS) is 17.3. The first-order chi connectivity index (χ1) is 10.2. The van der Waals surface area contributed by atoms with E-state index in [1.165, 1.54) is 32.3 Å². The number of likely N-dealkylation sites (tertiary alicyclic amines) is 1. The molecule has 0 radical (unpaired) electrons. The van der Waals surface area contributed by atoms with Gasteiger partial charge in [0.05, 0.1) is 11.9 Å². The van der Waals surface area contributed by atoms with E-state index in [0.29, 0.717) is 12.1 Å². The molecule has 1 N–H and O–H groups in total. The van der Waals surface area contributed by atoms with E-state index in [-0.39, 0.29) is 0 Å². The Kier molecular flexibility index (Phi) is 4.15. The molecule has 2 aromatic heterocycles. The van der Waals surface area contributed by atoms with Gasteiger partial charge >= 0.3 is 0 Å². The Morgan fingerprint density at radius 2 is 2.05 bits per heavy atom. The van der Waals surface area contributed by atoms with E-state index in [1.807, 2.05) is 12.3 Å². The van der Waals surface area contributed by atoms with Crippen molar-refractivity contribution in [2.24, 2.45) is 0 Å². The third kappa shape index (κ3) is 3.39. The molecule has 6 heteroatoms. The van der Waals surface area contributed by atoms with Crippen molar-refractivity contribution in [3.63, 3.8) is 0 Å². The fraction of sp³-hybridized carbons (Fsp3) is 0.533. The van der Waals surface area contributed by atoms with Gasteiger partial charge < -0.3 is 10.2 Å². The highest BCUT2D eigenvalue weighted by Crippen LogP contribution is 2.18. The Balaban J connectivity index is 1.57. The summed E-state index contributed by atoms with van der Waals surface area (Å²) in [7, 11) is 0. The van der Waals surface area contributed by atoms with Crippen LogP contribution >= 0.6 is 0 Å². The fourth-order valence-corrected chi connectivity index (χ4v) is 2.73. The maximum Gasteiger partial charge on any atom is 0.155 e. The molecule has 1 saturated heterocycles. The van der Waals surface area contributed by atoms with Gasteiger partial charge in [0.2, 0.25) is 0 Å². The van der Waals surface area contributed by atoms with Gasteiger partial charge in [-0.2, -0.15) is 5.10 Å². The van der Waals surface area contributed by atoms with Gasteiger partial charge in [-0.15, -0.1) is 0 Å². The second-order valence-electron chi connectivity index (χ2n) is 5.79. The molecule has 0 atom stereocenters. The lowest BCUT2D eigenvalue weighted by atomic mass is 10.0. The molecule has 3 heterocycles. The van der Waals surface area contributed by atoms with Gasteiger partial charge in [0, 0.05) is 25.2 Å². The lowest BCUT2D eigenvalue weighted by Gasteiger charge is -2.35. The molecule has 2 aromatic rings. The number of nitrogens with zero attached hydrogens (tertiary/aromatic N) is 5. The number of nitrogens with one attached hydrogen (secondary N) is 1. The van der Waals surface area contributed by atoms with E-state index in [4.69, 9.17) is 0 Å². The van der Waals surface area contributed by atoms with Gasteiger partial charge in [0.25, 0.3) is 0 Å². The zero-order chi connectivity index (χ0) is 14.7. The summed E-state index contributed by atoms with van der Waals surface area (Å²) in [5.74, 6) is 0.785. The highest BCUT2D eigenvalue weighted by molar-refractivity contribution is 5.44. The second kappa shape index (κ2) is 6.22. The molecule has 1 aliphatic rings. The molecule has 0 bridgehead atoms. The summed E-state index contributed by atoms with van der Waals surface area (Å²) < 4.78 is 1.66. The van der Waals surface area contributed by atoms with Crippen LogP contribution in [0.1, 0.15) is 26.7 Å². The van der Waals surface area contributed by atoms with Crippen molar-refractivity contribution in [2.75, 3.05) is 18.4 Å². The number of piperidine rings is 1. The van der Waals surface area contributed by atoms with E-state index in [2.05, 4.69) is 45.2 Å². The zero-order valence-corrected chi connectivity index (χ0v) is 12.6. The van der Waals surface area contributed by atoms with Crippen molar-refractivity contribution >= 4 is 5.69 Å². The van der Waals surface area contributed by atoms with Crippen LogP contribution < -0.4 is 5.32 Å². The number of aromatic nitrogens is 4. The minimum atomic E-state index is 0.541. The third-order valence-corrected chi connectivity index (χ3v) is 4.03. The summed E-state index contributed by atoms with van der Waals surface area (Å²) in [6, 6.07) is 5.20. The summed E-state index contributed by atoms with van der Waals surface area (Å²) in [4.78, 5) is 10.9. The van der Waals surface area contributed by atoms with Crippen LogP contribution in [0.25, 0.3) is 5.82 Å². The molecule has 6 nitrogen and oxygen atoms in total. The maximum atomic E-state index is 4.42. The Bertz CT molecular complexity index is 540. The monoisotopic (exact) mass is 286 g/mol. The Labute approximate surface area is 125 Å². The number of pyridine rings is 1. The van der Waals surface area contributed by atoms with E-state index >= 15 is 0 Å². The molecule has 0 amide bonds. The van der Waals surface area contributed by atoms with Crippen LogP contribution in [0, 0.1) is 0 Å². The largest absolute Gasteiger partial charge is 0.381 e. The van der Waals surface area contributed by atoms with Crippen LogP contribution in [0.2, 0.25) is 0 Å². The summed E-state index contributed by atoms with van der Waals surface area (Å²) in [5.41, 5.74) is 1.07. The Morgan fingerprint density at radius 3 is 2.62 bits per heavy atom. The van der Waals surface area contributed by atoms with Gasteiger partial charge in [0.1, 0.15) is 12.7 Å². The van der Waals surface area contributed by atoms with Crippen LogP contribution in [0.5, 0.6) is 0 Å². The van der Waals surface area contributed by atoms with Crippen LogP contribution in [-0.4, -0.2) is 49.8 Å². The summed E-state index contributed by atoms with van der Waals surface area (Å²) in [6.07, 6.45) is 7.39. The number of hydrogen-bond acceptors (Lipinski definition) is 5. The first-order valence-corrected chi connectivity index (χ1v) is 7.54. The standard InChI is InChI=1S/C15H22N6/c1-12(2)20-7-5-13(6-8-20)19-14-3-4-15(17-9-14)21-11-16-10-18-21/h3-4,9-13,19H,5-8H2,1-2H3. The van der Waals surface area contributed by atoms with Crippen molar-refractivity contribution in [1.82, 2.24) is 24.6 Å². The number of rotatable bonds is 4. The van der Waals surface area contributed by atoms with Crippen molar-refractivity contribution in [1.29, 1.82) is 0 Å². The molecule has 1 aliphatic heterocycles. The van der Waals surface area contributed by atoms with Gasteiger partial charge in [0.15, 0.2) is 5.82 Å². The van der Waals surface area contributed by atoms with Crippen molar-refractivity contribution < 1.29 is 0 Å². The van der Waals surface area contributed by atoms with Gasteiger partial charge in [-0.3, -0.25) is 0 Å². The van der Waals surface area contributed by atoms with Gasteiger partial charge in [-0.25, -0.2) is 14.6 Å². The second-order valence-corrected chi connectivity index (χ2v) is 5.79. The SMILES string of the molecule is CC(C)N1CCC(Nc2ccc(-n3cncn3)nc2)CC1. The van der Waals surface area contributed by atoms with Gasteiger partial charge in [-0.05, 0) is 38.8 Å². The molecule has 0 unspecified atom stereocenters. The number of anilines is 1. The molecule has 3 rings (SSSR count). The van der Waals surface area contributed by atoms with Crippen LogP contribution in [0.3, 0.4) is 0 Å². The highest BCUT2D eigenvalue weighted by atomic mass is 15.3. The third-order valence-electron chi connectivity index (χ3n) is 4.03. The Hall–Kier alpha value is -1.95. The predicted molar refractivity (Wildman–Crippen MR) is 82.5 cm³/mol. The predicted octanol–water partition coefficient (Wildman–Crippen LogP) is 1.95. The minimum Gasteiger partial charge on any atom is -0.381 e. The van der Waals surface area contributed by atoms with Crippen molar-refractivity contribution in [3.05, 3.63) is 31.0 Å². The first kappa shape index (κ1) is 14.0. The lowest BCUT2D eigenvalue weighted by molar-refractivity contribution is 0.177. The summed E-state index contributed by atoms with van der Waals surface area (Å²) >= 11 is 0. The van der Waals surface area contributed by atoms with E-state index in [9.17, 15) is 0 Å². The molecule has 112 valence electrons. The topological polar surface area (TPSA) is 58.9 Å². The van der Waals surface area contributed by atoms with E-state index in [1.54, 1.807) is 11.0 Å². The summed E-state index contributed by atoms with van der Waals surface area (Å²) in [6.45, 7) is 6.86. The average Bonchev–Trinajstić information content (AvgIpc) is 3.03. The molecule has 0 aromatic carbocycles. The minimum absolute atomic E-state index is 0.541. The van der Waals surface area contributed by atoms with E-state index in [0.717, 1.165) is 11.5 Å². The smallest absolute Gasteiger partial charge is 0.155 e. The van der Waals surface area contributed by atoms with Crippen molar-refractivity contribution in [2.45, 2.75) is 38.8 Å². The molecule has 0 spiro atoms. The highest BCUT2D eigenvalue weighted by Gasteiger charge is 2.20. The molecule has 0 saturated carbocycles. The Morgan fingerprint density at radius 1 is 1.24 bits per heavy atom. The molecule has 21 heavy (non-hydrogen) atoms. The van der Waals surface area contributed by atoms with Crippen LogP contribution in [0.4, 0.5) is 5.69 Å². The fourth-order valence-electron chi connectivity index (χ4n) is 2.73. The quantitative estimate of drug-likeness (QED) is 0.931. The zero-order valence-electron chi connectivity index (χ0n) is 12.6. The molecular weight excluding hydrogens is 264 g/mol. The first-order valence-electron chi connectivity index (χ1n) is 7.54. The molecule has 1 fully saturated rings. The van der Waals surface area contributed by atoms with Crippen molar-refractivity contribution in [3.8, 4) is 5.82 Å². The summed E-state index contributed by atoms with van der Waals surface area (Å²) in [5, 5.41) is 7.65. The lowest BCUT2D eigenvalue weighted by Crippen LogP contribution is -2.42. The van der Waals surface area contributed by atoms with Crippen LogP contribution in [-0.2, 0) is 0 Å². The molecular formula is C15H22N6. The number of hydrogen-bond donors (Lipinski definition) is 1. The van der Waals surface area contributed by atoms with Gasteiger partial charge in [-0.1, -0.05) is 0 Å². The van der Waals surface area contributed by atoms with Crippen LogP contribution in [0.15, 0.2) is 31.0 Å². The van der Waals surface area contributed by atoms with E-state index < -0.39 is 0 Å².